The lowest BCUT2D eigenvalue weighted by molar-refractivity contribution is -0.387. The molecular formula is C12H17N3O4S. The van der Waals surface area contributed by atoms with Crippen molar-refractivity contribution in [3.05, 3.63) is 28.3 Å². The molecule has 1 unspecified atom stereocenters. The quantitative estimate of drug-likeness (QED) is 0.517. The van der Waals surface area contributed by atoms with Gasteiger partial charge in [-0.1, -0.05) is 6.92 Å². The first kappa shape index (κ1) is 14.7. The zero-order valence-electron chi connectivity index (χ0n) is 11.2. The second-order valence-electron chi connectivity index (χ2n) is 4.80. The highest BCUT2D eigenvalue weighted by atomic mass is 32.2. The molecular weight excluding hydrogens is 282 g/mol. The Labute approximate surface area is 117 Å². The molecule has 1 atom stereocenters. The van der Waals surface area contributed by atoms with Gasteiger partial charge in [-0.25, -0.2) is 8.42 Å². The van der Waals surface area contributed by atoms with E-state index >= 15 is 0 Å². The molecule has 0 saturated carbocycles. The molecule has 110 valence electrons. The molecule has 0 aliphatic carbocycles. The summed E-state index contributed by atoms with van der Waals surface area (Å²) in [6, 6.07) is 3.59. The van der Waals surface area contributed by atoms with Crippen molar-refractivity contribution in [1.82, 2.24) is 4.31 Å². The number of nitrogens with zero attached hydrogens (tertiary/aromatic N) is 2. The third-order valence-electron chi connectivity index (χ3n) is 3.56. The lowest BCUT2D eigenvalue weighted by Gasteiger charge is -2.22. The third-order valence-corrected chi connectivity index (χ3v) is 5.56. The molecule has 1 aliphatic rings. The lowest BCUT2D eigenvalue weighted by atomic mass is 10.2. The second kappa shape index (κ2) is 5.37. The van der Waals surface area contributed by atoms with Crippen LogP contribution < -0.4 is 5.73 Å². The van der Waals surface area contributed by atoms with Crippen LogP contribution in [0, 0.1) is 10.1 Å². The van der Waals surface area contributed by atoms with E-state index in [2.05, 4.69) is 0 Å². The van der Waals surface area contributed by atoms with E-state index in [4.69, 9.17) is 5.73 Å². The Morgan fingerprint density at radius 2 is 2.20 bits per heavy atom. The van der Waals surface area contributed by atoms with Gasteiger partial charge >= 0.3 is 0 Å². The first-order chi connectivity index (χ1) is 9.37. The van der Waals surface area contributed by atoms with Gasteiger partial charge in [0.25, 0.3) is 5.69 Å². The number of nitro groups is 1. The monoisotopic (exact) mass is 299 g/mol. The van der Waals surface area contributed by atoms with Crippen molar-refractivity contribution >= 4 is 21.4 Å². The van der Waals surface area contributed by atoms with Crippen LogP contribution in [0.1, 0.15) is 26.2 Å². The van der Waals surface area contributed by atoms with Crippen LogP contribution in [0.3, 0.4) is 0 Å². The topological polar surface area (TPSA) is 107 Å². The number of benzene rings is 1. The van der Waals surface area contributed by atoms with E-state index in [1.807, 2.05) is 6.92 Å². The van der Waals surface area contributed by atoms with Crippen LogP contribution in [-0.2, 0) is 10.0 Å². The van der Waals surface area contributed by atoms with E-state index in [0.717, 1.165) is 18.9 Å². The minimum Gasteiger partial charge on any atom is -0.399 e. The summed E-state index contributed by atoms with van der Waals surface area (Å²) in [5.74, 6) is 0. The molecule has 1 aromatic rings. The van der Waals surface area contributed by atoms with Crippen LogP contribution in [-0.4, -0.2) is 30.2 Å². The van der Waals surface area contributed by atoms with Gasteiger partial charge in [0.15, 0.2) is 4.90 Å². The van der Waals surface area contributed by atoms with Crippen molar-refractivity contribution in [2.24, 2.45) is 0 Å². The molecule has 20 heavy (non-hydrogen) atoms. The Kier molecular flexibility index (Phi) is 3.96. The van der Waals surface area contributed by atoms with Crippen LogP contribution in [0.4, 0.5) is 11.4 Å². The fourth-order valence-electron chi connectivity index (χ4n) is 2.56. The van der Waals surface area contributed by atoms with Crippen molar-refractivity contribution in [3.63, 3.8) is 0 Å². The van der Waals surface area contributed by atoms with Gasteiger partial charge in [-0.05, 0) is 31.4 Å². The summed E-state index contributed by atoms with van der Waals surface area (Å²) in [5.41, 5.74) is 5.21. The van der Waals surface area contributed by atoms with Crippen molar-refractivity contribution in [2.75, 3.05) is 12.3 Å². The average molecular weight is 299 g/mol. The molecule has 1 saturated heterocycles. The largest absolute Gasteiger partial charge is 0.399 e. The molecule has 2 N–H and O–H groups in total. The minimum absolute atomic E-state index is 0.0860. The van der Waals surface area contributed by atoms with Crippen molar-refractivity contribution in [1.29, 1.82) is 0 Å². The van der Waals surface area contributed by atoms with Crippen molar-refractivity contribution in [2.45, 2.75) is 37.1 Å². The molecule has 8 heteroatoms. The third kappa shape index (κ3) is 2.48. The normalized spacial score (nSPS) is 20.1. The summed E-state index contributed by atoms with van der Waals surface area (Å²) in [7, 11) is -3.86. The number of hydrogen-bond donors (Lipinski definition) is 1. The summed E-state index contributed by atoms with van der Waals surface area (Å²) in [6.07, 6.45) is 2.26. The maximum Gasteiger partial charge on any atom is 0.291 e. The van der Waals surface area contributed by atoms with Crippen molar-refractivity contribution < 1.29 is 13.3 Å². The number of sulfonamides is 1. The molecule has 0 aromatic heterocycles. The summed E-state index contributed by atoms with van der Waals surface area (Å²) in [6.45, 7) is 2.32. The van der Waals surface area contributed by atoms with Crippen molar-refractivity contribution in [3.8, 4) is 0 Å². The molecule has 1 aromatic carbocycles. The van der Waals surface area contributed by atoms with Gasteiger partial charge in [-0.2, -0.15) is 4.31 Å². The molecule has 0 radical (unpaired) electrons. The Morgan fingerprint density at radius 3 is 2.80 bits per heavy atom. The van der Waals surface area contributed by atoms with E-state index in [1.165, 1.54) is 16.4 Å². The van der Waals surface area contributed by atoms with Crippen LogP contribution in [0.15, 0.2) is 23.1 Å². The number of hydrogen-bond acceptors (Lipinski definition) is 5. The molecule has 7 nitrogen and oxygen atoms in total. The van der Waals surface area contributed by atoms with Crippen LogP contribution in [0.25, 0.3) is 0 Å². The van der Waals surface area contributed by atoms with Gasteiger partial charge in [-0.15, -0.1) is 0 Å². The molecule has 0 amide bonds. The lowest BCUT2D eigenvalue weighted by Crippen LogP contribution is -2.35. The van der Waals surface area contributed by atoms with E-state index in [9.17, 15) is 18.5 Å². The Balaban J connectivity index is 2.52. The minimum atomic E-state index is -3.86. The molecule has 1 aliphatic heterocycles. The van der Waals surface area contributed by atoms with Gasteiger partial charge in [-0.3, -0.25) is 10.1 Å². The molecule has 1 fully saturated rings. The van der Waals surface area contributed by atoms with E-state index < -0.39 is 20.6 Å². The number of nitrogens with two attached hydrogens (primary N) is 1. The molecule has 0 spiro atoms. The first-order valence-corrected chi connectivity index (χ1v) is 7.87. The maximum absolute atomic E-state index is 12.6. The predicted molar refractivity (Wildman–Crippen MR) is 74.7 cm³/mol. The summed E-state index contributed by atoms with van der Waals surface area (Å²) in [5, 5.41) is 11.1. The van der Waals surface area contributed by atoms with Crippen LogP contribution in [0.5, 0.6) is 0 Å². The Bertz CT molecular complexity index is 630. The highest BCUT2D eigenvalue weighted by Crippen LogP contribution is 2.33. The molecule has 2 rings (SSSR count). The van der Waals surface area contributed by atoms with Gasteiger partial charge in [0, 0.05) is 24.3 Å². The van der Waals surface area contributed by atoms with Gasteiger partial charge < -0.3 is 5.73 Å². The Hall–Kier alpha value is -1.67. The number of nitro benzene ring substituents is 1. The Morgan fingerprint density at radius 1 is 1.50 bits per heavy atom. The zero-order valence-corrected chi connectivity index (χ0v) is 12.0. The van der Waals surface area contributed by atoms with Crippen LogP contribution in [0.2, 0.25) is 0 Å². The highest BCUT2D eigenvalue weighted by molar-refractivity contribution is 7.89. The number of nitrogen functional groups attached to an aromatic ring is 1. The SMILES string of the molecule is CCC1CCCN1S(=O)(=O)c1ccc(N)cc1[N+](=O)[O-]. The summed E-state index contributed by atoms with van der Waals surface area (Å²) in [4.78, 5) is 10.1. The summed E-state index contributed by atoms with van der Waals surface area (Å²) >= 11 is 0. The van der Waals surface area contributed by atoms with E-state index in [1.54, 1.807) is 0 Å². The highest BCUT2D eigenvalue weighted by Gasteiger charge is 2.37. The summed E-state index contributed by atoms with van der Waals surface area (Å²) < 4.78 is 26.6. The number of rotatable bonds is 4. The van der Waals surface area contributed by atoms with Crippen LogP contribution >= 0.6 is 0 Å². The van der Waals surface area contributed by atoms with Gasteiger partial charge in [0.2, 0.25) is 10.0 Å². The molecule has 1 heterocycles. The average Bonchev–Trinajstić information content (AvgIpc) is 2.87. The fraction of sp³-hybridized carbons (Fsp3) is 0.500. The van der Waals surface area contributed by atoms with Gasteiger partial charge in [0.1, 0.15) is 0 Å². The maximum atomic E-state index is 12.6. The first-order valence-electron chi connectivity index (χ1n) is 6.43. The fourth-order valence-corrected chi connectivity index (χ4v) is 4.46. The van der Waals surface area contributed by atoms with Gasteiger partial charge in [0.05, 0.1) is 4.92 Å². The standard InChI is InChI=1S/C12H17N3O4S/c1-2-10-4-3-7-14(10)20(18,19)12-6-5-9(13)8-11(12)15(16)17/h5-6,8,10H,2-4,7,13H2,1H3. The van der Waals surface area contributed by atoms with E-state index in [0.29, 0.717) is 13.0 Å². The number of anilines is 1. The van der Waals surface area contributed by atoms with E-state index in [-0.39, 0.29) is 16.6 Å². The predicted octanol–water partition coefficient (Wildman–Crippen LogP) is 1.74. The second-order valence-corrected chi connectivity index (χ2v) is 6.66. The molecule has 0 bridgehead atoms. The smallest absolute Gasteiger partial charge is 0.291 e. The zero-order chi connectivity index (χ0) is 14.9.